The molecule has 2 rings (SSSR count). The number of imide groups is 1. The fraction of sp³-hybridized carbons (Fsp3) is 0.308. The van der Waals surface area contributed by atoms with E-state index in [4.69, 9.17) is 10.9 Å². The average molecular weight is 294 g/mol. The molecule has 1 unspecified atom stereocenters. The van der Waals surface area contributed by atoms with Gasteiger partial charge in [0.2, 0.25) is 11.8 Å². The van der Waals surface area contributed by atoms with Gasteiger partial charge in [0, 0.05) is 19.2 Å². The highest BCUT2D eigenvalue weighted by molar-refractivity contribution is 6.05. The molecule has 0 aromatic heterocycles. The minimum Gasteiger partial charge on any atom is -0.409 e. The Kier molecular flexibility index (Phi) is 4.18. The molecule has 112 valence electrons. The van der Waals surface area contributed by atoms with Crippen molar-refractivity contribution in [1.82, 2.24) is 10.2 Å². The zero-order chi connectivity index (χ0) is 15.6. The molecule has 0 saturated carbocycles. The van der Waals surface area contributed by atoms with E-state index in [0.29, 0.717) is 5.56 Å². The molecular formula is C13H15FN4O3. The fourth-order valence-corrected chi connectivity index (χ4v) is 2.14. The number of nitrogens with one attached hydrogen (secondary N) is 1. The monoisotopic (exact) mass is 294 g/mol. The van der Waals surface area contributed by atoms with Crippen molar-refractivity contribution in [2.75, 3.05) is 7.05 Å². The predicted octanol–water partition coefficient (Wildman–Crippen LogP) is -0.233. The Morgan fingerprint density at radius 3 is 2.86 bits per heavy atom. The van der Waals surface area contributed by atoms with Gasteiger partial charge in [0.15, 0.2) is 5.84 Å². The van der Waals surface area contributed by atoms with Gasteiger partial charge in [-0.15, -0.1) is 0 Å². The number of benzene rings is 1. The van der Waals surface area contributed by atoms with E-state index in [9.17, 15) is 14.0 Å². The maximum Gasteiger partial charge on any atom is 0.246 e. The van der Waals surface area contributed by atoms with Gasteiger partial charge in [-0.25, -0.2) is 4.39 Å². The molecule has 0 aliphatic carbocycles. The Hall–Kier alpha value is -2.48. The summed E-state index contributed by atoms with van der Waals surface area (Å²) >= 11 is 0. The van der Waals surface area contributed by atoms with E-state index in [1.165, 1.54) is 19.2 Å². The van der Waals surface area contributed by atoms with Crippen LogP contribution in [0.1, 0.15) is 17.5 Å². The van der Waals surface area contributed by atoms with E-state index in [1.54, 1.807) is 0 Å². The first-order valence-corrected chi connectivity index (χ1v) is 6.24. The van der Waals surface area contributed by atoms with E-state index >= 15 is 0 Å². The molecule has 1 aliphatic heterocycles. The van der Waals surface area contributed by atoms with Gasteiger partial charge in [-0.05, 0) is 17.7 Å². The molecule has 1 aliphatic rings. The van der Waals surface area contributed by atoms with Crippen LogP contribution in [0.15, 0.2) is 23.4 Å². The van der Waals surface area contributed by atoms with Crippen molar-refractivity contribution in [2.24, 2.45) is 10.9 Å². The second-order valence-electron chi connectivity index (χ2n) is 4.72. The molecule has 8 heteroatoms. The smallest absolute Gasteiger partial charge is 0.246 e. The first-order chi connectivity index (χ1) is 9.93. The van der Waals surface area contributed by atoms with Crippen LogP contribution in [0.3, 0.4) is 0 Å². The van der Waals surface area contributed by atoms with Crippen LogP contribution in [0.25, 0.3) is 0 Å². The minimum atomic E-state index is -0.618. The molecule has 21 heavy (non-hydrogen) atoms. The molecule has 0 radical (unpaired) electrons. The van der Waals surface area contributed by atoms with Crippen molar-refractivity contribution >= 4 is 17.6 Å². The number of hydrogen-bond acceptors (Lipinski definition) is 5. The van der Waals surface area contributed by atoms with Crippen molar-refractivity contribution in [3.05, 3.63) is 35.1 Å². The maximum atomic E-state index is 13.2. The molecule has 4 N–H and O–H groups in total. The second kappa shape index (κ2) is 5.88. The van der Waals surface area contributed by atoms with E-state index in [1.807, 2.05) is 0 Å². The summed E-state index contributed by atoms with van der Waals surface area (Å²) in [7, 11) is 1.42. The number of nitrogens with two attached hydrogens (primary N) is 1. The summed E-state index contributed by atoms with van der Waals surface area (Å²) in [4.78, 5) is 24.2. The molecule has 7 nitrogen and oxygen atoms in total. The van der Waals surface area contributed by atoms with Crippen LogP contribution >= 0.6 is 0 Å². The summed E-state index contributed by atoms with van der Waals surface area (Å²) in [6, 6.07) is 3.23. The third-order valence-electron chi connectivity index (χ3n) is 3.38. The van der Waals surface area contributed by atoms with Gasteiger partial charge in [0.25, 0.3) is 0 Å². The van der Waals surface area contributed by atoms with Crippen LogP contribution in [-0.4, -0.2) is 40.8 Å². The van der Waals surface area contributed by atoms with Crippen molar-refractivity contribution < 1.29 is 19.2 Å². The first kappa shape index (κ1) is 14.9. The lowest BCUT2D eigenvalue weighted by atomic mass is 10.1. The third-order valence-corrected chi connectivity index (χ3v) is 3.38. The Morgan fingerprint density at radius 2 is 2.29 bits per heavy atom. The number of likely N-dealkylation sites (tertiary alicyclic amines) is 1. The number of nitrogens with zero attached hydrogens (tertiary/aromatic N) is 2. The number of amidine groups is 1. The fourth-order valence-electron chi connectivity index (χ4n) is 2.14. The van der Waals surface area contributed by atoms with Gasteiger partial charge in [-0.3, -0.25) is 14.5 Å². The number of likely N-dealkylation sites (N-methyl/N-ethyl adjacent to an activating group) is 1. The first-order valence-electron chi connectivity index (χ1n) is 6.24. The van der Waals surface area contributed by atoms with Crippen LogP contribution in [0, 0.1) is 5.82 Å². The number of rotatable bonds is 4. The van der Waals surface area contributed by atoms with Gasteiger partial charge in [0.1, 0.15) is 5.82 Å². The van der Waals surface area contributed by atoms with E-state index in [2.05, 4.69) is 10.5 Å². The van der Waals surface area contributed by atoms with E-state index in [0.717, 1.165) is 11.0 Å². The zero-order valence-electron chi connectivity index (χ0n) is 11.3. The van der Waals surface area contributed by atoms with Crippen LogP contribution in [-0.2, 0) is 16.1 Å². The Labute approximate surface area is 120 Å². The Balaban J connectivity index is 2.14. The van der Waals surface area contributed by atoms with Crippen molar-refractivity contribution in [2.45, 2.75) is 19.0 Å². The Morgan fingerprint density at radius 1 is 1.57 bits per heavy atom. The summed E-state index contributed by atoms with van der Waals surface area (Å²) in [5.41, 5.74) is 6.28. The largest absolute Gasteiger partial charge is 0.409 e. The molecule has 0 spiro atoms. The lowest BCUT2D eigenvalue weighted by Crippen LogP contribution is -2.37. The highest BCUT2D eigenvalue weighted by Crippen LogP contribution is 2.14. The molecule has 1 aromatic carbocycles. The van der Waals surface area contributed by atoms with E-state index < -0.39 is 11.9 Å². The summed E-state index contributed by atoms with van der Waals surface area (Å²) in [5, 5.41) is 14.5. The molecule has 1 fully saturated rings. The van der Waals surface area contributed by atoms with Crippen molar-refractivity contribution in [3.63, 3.8) is 0 Å². The van der Waals surface area contributed by atoms with E-state index in [-0.39, 0.29) is 36.2 Å². The summed E-state index contributed by atoms with van der Waals surface area (Å²) in [6.45, 7) is 0.184. The standard InChI is InChI=1S/C13H15FN4O3/c1-18-11(19)5-10(13(18)20)16-6-7-2-3-8(14)4-9(7)12(15)17-21/h2-4,10,16,21H,5-6H2,1H3,(H2,15,17). The molecule has 0 bridgehead atoms. The third kappa shape index (κ3) is 3.00. The minimum absolute atomic E-state index is 0.0788. The Bertz CT molecular complexity index is 617. The number of oxime groups is 1. The normalized spacial score (nSPS) is 19.4. The van der Waals surface area contributed by atoms with Crippen LogP contribution in [0.5, 0.6) is 0 Å². The number of halogens is 1. The van der Waals surface area contributed by atoms with Crippen LogP contribution < -0.4 is 11.1 Å². The summed E-state index contributed by atoms with van der Waals surface area (Å²) < 4.78 is 13.2. The highest BCUT2D eigenvalue weighted by atomic mass is 19.1. The quantitative estimate of drug-likeness (QED) is 0.234. The topological polar surface area (TPSA) is 108 Å². The number of hydrogen-bond donors (Lipinski definition) is 3. The van der Waals surface area contributed by atoms with Crippen LogP contribution in [0.2, 0.25) is 0 Å². The zero-order valence-corrected chi connectivity index (χ0v) is 11.3. The van der Waals surface area contributed by atoms with Gasteiger partial charge in [-0.2, -0.15) is 0 Å². The lowest BCUT2D eigenvalue weighted by Gasteiger charge is -2.13. The van der Waals surface area contributed by atoms with Crippen LogP contribution in [0.4, 0.5) is 4.39 Å². The average Bonchev–Trinajstić information content (AvgIpc) is 2.72. The molecule has 2 amide bonds. The number of carbonyl (C=O) groups is 2. The van der Waals surface area contributed by atoms with Gasteiger partial charge < -0.3 is 16.3 Å². The second-order valence-corrected chi connectivity index (χ2v) is 4.72. The SMILES string of the molecule is CN1C(=O)CC(NCc2ccc(F)cc2C(N)=NO)C1=O. The van der Waals surface area contributed by atoms with Crippen molar-refractivity contribution in [3.8, 4) is 0 Å². The maximum absolute atomic E-state index is 13.2. The predicted molar refractivity (Wildman–Crippen MR) is 71.9 cm³/mol. The number of carbonyl (C=O) groups excluding carboxylic acids is 2. The van der Waals surface area contributed by atoms with Crippen molar-refractivity contribution in [1.29, 1.82) is 0 Å². The van der Waals surface area contributed by atoms with Gasteiger partial charge >= 0.3 is 0 Å². The highest BCUT2D eigenvalue weighted by Gasteiger charge is 2.35. The molecule has 1 atom stereocenters. The molecule has 1 saturated heterocycles. The molecule has 1 heterocycles. The number of amides is 2. The lowest BCUT2D eigenvalue weighted by molar-refractivity contribution is -0.137. The molecular weight excluding hydrogens is 279 g/mol. The molecule has 1 aromatic rings. The van der Waals surface area contributed by atoms with Gasteiger partial charge in [0.05, 0.1) is 12.5 Å². The summed E-state index contributed by atoms with van der Waals surface area (Å²) in [6.07, 6.45) is 0.0788. The summed E-state index contributed by atoms with van der Waals surface area (Å²) in [5.74, 6) is -1.31. The van der Waals surface area contributed by atoms with Gasteiger partial charge in [-0.1, -0.05) is 11.2 Å².